The van der Waals surface area contributed by atoms with Crippen LogP contribution in [0.4, 0.5) is 0 Å². The zero-order chi connectivity index (χ0) is 16.5. The Morgan fingerprint density at radius 1 is 1.36 bits per heavy atom. The maximum Gasteiger partial charge on any atom is 0.244 e. The molecular weight excluding hydrogens is 278 g/mol. The first kappa shape index (κ1) is 18.2. The van der Waals surface area contributed by atoms with Gasteiger partial charge in [-0.1, -0.05) is 37.6 Å². The molecule has 4 nitrogen and oxygen atoms in total. The molecule has 1 atom stereocenters. The molecule has 0 radical (unpaired) electrons. The highest BCUT2D eigenvalue weighted by molar-refractivity contribution is 5.88. The first-order valence-corrected chi connectivity index (χ1v) is 7.67. The number of carbonyl (C=O) groups excluding carboxylic acids is 1. The summed E-state index contributed by atoms with van der Waals surface area (Å²) in [5.74, 6) is 1.06. The zero-order valence-electron chi connectivity index (χ0n) is 13.9. The highest BCUT2D eigenvalue weighted by atomic mass is 16.5. The number of allylic oxidation sites excluding steroid dienone is 1. The third-order valence-electron chi connectivity index (χ3n) is 3.29. The Morgan fingerprint density at radius 3 is 2.68 bits per heavy atom. The number of hydrogen-bond acceptors (Lipinski definition) is 3. The molecule has 0 aliphatic heterocycles. The van der Waals surface area contributed by atoms with Gasteiger partial charge < -0.3 is 15.2 Å². The van der Waals surface area contributed by atoms with Gasteiger partial charge in [0.15, 0.2) is 0 Å². The standard InChI is InChI=1S/C18H27NO3/c1-13(2)9-16(20)12-19-18(21)11-14(3)10-15-7-5-6-8-17(15)22-4/h5-8,11,13,16,20H,9-10,12H2,1-4H3,(H,19,21)/b14-11+. The summed E-state index contributed by atoms with van der Waals surface area (Å²) in [6.45, 7) is 6.29. The molecule has 0 saturated carbocycles. The fraction of sp³-hybridized carbons (Fsp3) is 0.500. The number of amides is 1. The number of rotatable bonds is 8. The molecule has 0 fully saturated rings. The summed E-state index contributed by atoms with van der Waals surface area (Å²) in [5.41, 5.74) is 1.99. The van der Waals surface area contributed by atoms with Gasteiger partial charge in [-0.2, -0.15) is 0 Å². The molecule has 1 unspecified atom stereocenters. The summed E-state index contributed by atoms with van der Waals surface area (Å²) in [6, 6.07) is 7.77. The number of benzene rings is 1. The minimum atomic E-state index is -0.494. The quantitative estimate of drug-likeness (QED) is 0.726. The molecule has 0 aromatic heterocycles. The summed E-state index contributed by atoms with van der Waals surface area (Å²) in [5, 5.41) is 12.5. The molecule has 1 aromatic rings. The zero-order valence-corrected chi connectivity index (χ0v) is 13.9. The Bertz CT molecular complexity index is 509. The van der Waals surface area contributed by atoms with Crippen molar-refractivity contribution >= 4 is 5.91 Å². The van der Waals surface area contributed by atoms with Crippen LogP contribution in [-0.2, 0) is 11.2 Å². The Balaban J connectivity index is 2.52. The van der Waals surface area contributed by atoms with Crippen molar-refractivity contribution in [1.82, 2.24) is 5.32 Å². The van der Waals surface area contributed by atoms with Gasteiger partial charge in [0.2, 0.25) is 5.91 Å². The lowest BCUT2D eigenvalue weighted by atomic mass is 10.0. The van der Waals surface area contributed by atoms with Gasteiger partial charge >= 0.3 is 0 Å². The number of aliphatic hydroxyl groups excluding tert-OH is 1. The molecule has 4 heteroatoms. The topological polar surface area (TPSA) is 58.6 Å². The van der Waals surface area contributed by atoms with E-state index in [4.69, 9.17) is 4.74 Å². The molecule has 0 heterocycles. The molecule has 0 saturated heterocycles. The highest BCUT2D eigenvalue weighted by Crippen LogP contribution is 2.20. The van der Waals surface area contributed by atoms with E-state index in [1.54, 1.807) is 13.2 Å². The summed E-state index contributed by atoms with van der Waals surface area (Å²) < 4.78 is 5.31. The van der Waals surface area contributed by atoms with Crippen LogP contribution in [0.25, 0.3) is 0 Å². The molecule has 1 rings (SSSR count). The van der Waals surface area contributed by atoms with E-state index in [1.165, 1.54) is 0 Å². The molecule has 122 valence electrons. The second kappa shape index (κ2) is 9.26. The average molecular weight is 305 g/mol. The van der Waals surface area contributed by atoms with E-state index >= 15 is 0 Å². The van der Waals surface area contributed by atoms with E-state index < -0.39 is 6.10 Å². The van der Waals surface area contributed by atoms with Crippen molar-refractivity contribution in [2.24, 2.45) is 5.92 Å². The third-order valence-corrected chi connectivity index (χ3v) is 3.29. The first-order valence-electron chi connectivity index (χ1n) is 7.67. The van der Waals surface area contributed by atoms with Crippen molar-refractivity contribution in [3.8, 4) is 5.75 Å². The monoisotopic (exact) mass is 305 g/mol. The SMILES string of the molecule is COc1ccccc1C/C(C)=C/C(=O)NCC(O)CC(C)C. The van der Waals surface area contributed by atoms with E-state index in [0.717, 1.165) is 16.9 Å². The van der Waals surface area contributed by atoms with Crippen LogP contribution in [0.2, 0.25) is 0 Å². The van der Waals surface area contributed by atoms with Crippen LogP contribution >= 0.6 is 0 Å². The Labute approximate surface area is 133 Å². The second-order valence-corrected chi connectivity index (χ2v) is 6.01. The molecule has 1 aromatic carbocycles. The van der Waals surface area contributed by atoms with Crippen LogP contribution in [0, 0.1) is 5.92 Å². The normalized spacial score (nSPS) is 13.1. The van der Waals surface area contributed by atoms with Crippen molar-refractivity contribution in [3.63, 3.8) is 0 Å². The average Bonchev–Trinajstić information content (AvgIpc) is 2.45. The largest absolute Gasteiger partial charge is 0.496 e. The summed E-state index contributed by atoms with van der Waals surface area (Å²) in [7, 11) is 1.64. The number of nitrogens with one attached hydrogen (secondary N) is 1. The van der Waals surface area contributed by atoms with Gasteiger partial charge in [0.25, 0.3) is 0 Å². The third kappa shape index (κ3) is 6.76. The van der Waals surface area contributed by atoms with Crippen molar-refractivity contribution in [1.29, 1.82) is 0 Å². The lowest BCUT2D eigenvalue weighted by molar-refractivity contribution is -0.117. The Hall–Kier alpha value is -1.81. The van der Waals surface area contributed by atoms with Crippen LogP contribution in [0.1, 0.15) is 32.8 Å². The fourth-order valence-corrected chi connectivity index (χ4v) is 2.32. The van der Waals surface area contributed by atoms with Gasteiger partial charge in [0, 0.05) is 12.6 Å². The van der Waals surface area contributed by atoms with E-state index in [2.05, 4.69) is 5.32 Å². The van der Waals surface area contributed by atoms with E-state index in [1.807, 2.05) is 45.0 Å². The van der Waals surface area contributed by atoms with Gasteiger partial charge in [-0.15, -0.1) is 0 Å². The lowest BCUT2D eigenvalue weighted by Gasteiger charge is -2.13. The summed E-state index contributed by atoms with van der Waals surface area (Å²) >= 11 is 0. The smallest absolute Gasteiger partial charge is 0.244 e. The number of carbonyl (C=O) groups is 1. The summed E-state index contributed by atoms with van der Waals surface area (Å²) in [4.78, 5) is 11.9. The minimum Gasteiger partial charge on any atom is -0.496 e. The van der Waals surface area contributed by atoms with Crippen molar-refractivity contribution in [3.05, 3.63) is 41.5 Å². The van der Waals surface area contributed by atoms with E-state index in [9.17, 15) is 9.90 Å². The number of para-hydroxylation sites is 1. The number of hydrogen-bond donors (Lipinski definition) is 2. The van der Waals surface area contributed by atoms with Crippen molar-refractivity contribution in [2.45, 2.75) is 39.7 Å². The maximum atomic E-state index is 11.9. The van der Waals surface area contributed by atoms with Crippen LogP contribution in [0.3, 0.4) is 0 Å². The summed E-state index contributed by atoms with van der Waals surface area (Å²) in [6.07, 6.45) is 2.43. The molecule has 0 aliphatic rings. The van der Waals surface area contributed by atoms with Gasteiger partial charge in [-0.05, 0) is 37.3 Å². The van der Waals surface area contributed by atoms with Crippen LogP contribution in [0.15, 0.2) is 35.9 Å². The van der Waals surface area contributed by atoms with Crippen LogP contribution < -0.4 is 10.1 Å². The van der Waals surface area contributed by atoms with Gasteiger partial charge in [0.1, 0.15) is 5.75 Å². The Morgan fingerprint density at radius 2 is 2.05 bits per heavy atom. The molecule has 22 heavy (non-hydrogen) atoms. The van der Waals surface area contributed by atoms with Crippen molar-refractivity contribution < 1.29 is 14.6 Å². The molecule has 2 N–H and O–H groups in total. The minimum absolute atomic E-state index is 0.171. The fourth-order valence-electron chi connectivity index (χ4n) is 2.32. The molecule has 0 bridgehead atoms. The van der Waals surface area contributed by atoms with Crippen LogP contribution in [-0.4, -0.2) is 30.8 Å². The number of methoxy groups -OCH3 is 1. The number of ether oxygens (including phenoxy) is 1. The van der Waals surface area contributed by atoms with E-state index in [0.29, 0.717) is 18.8 Å². The Kier molecular flexibility index (Phi) is 7.67. The van der Waals surface area contributed by atoms with Gasteiger partial charge in [-0.25, -0.2) is 0 Å². The van der Waals surface area contributed by atoms with Crippen LogP contribution in [0.5, 0.6) is 5.75 Å². The van der Waals surface area contributed by atoms with Crippen molar-refractivity contribution in [2.75, 3.05) is 13.7 Å². The van der Waals surface area contributed by atoms with Gasteiger partial charge in [-0.3, -0.25) is 4.79 Å². The molecule has 0 aliphatic carbocycles. The molecule has 1 amide bonds. The highest BCUT2D eigenvalue weighted by Gasteiger charge is 2.08. The van der Waals surface area contributed by atoms with E-state index in [-0.39, 0.29) is 12.5 Å². The molecular formula is C18H27NO3. The molecule has 0 spiro atoms. The predicted octanol–water partition coefficient (Wildman–Crippen LogP) is 2.71. The number of aliphatic hydroxyl groups is 1. The predicted molar refractivity (Wildman–Crippen MR) is 88.9 cm³/mol. The first-order chi connectivity index (χ1) is 10.4. The van der Waals surface area contributed by atoms with Gasteiger partial charge in [0.05, 0.1) is 13.2 Å². The lowest BCUT2D eigenvalue weighted by Crippen LogP contribution is -2.31. The second-order valence-electron chi connectivity index (χ2n) is 6.01. The maximum absolute atomic E-state index is 11.9.